The third kappa shape index (κ3) is 12.3. The molecule has 3 aliphatic carbocycles. The number of rotatable bonds is 21. The van der Waals surface area contributed by atoms with Gasteiger partial charge in [0.1, 0.15) is 6.29 Å². The number of benzene rings is 1. The van der Waals surface area contributed by atoms with Gasteiger partial charge in [0.2, 0.25) is 0 Å². The number of fused-ring (bicyclic) bond motifs is 5. The van der Waals surface area contributed by atoms with E-state index in [4.69, 9.17) is 9.47 Å². The van der Waals surface area contributed by atoms with Gasteiger partial charge in [0.05, 0.1) is 31.0 Å². The highest BCUT2D eigenvalue weighted by atomic mass is 16.5. The smallest absolute Gasteiger partial charge is 0.145 e. The molecule has 2 fully saturated rings. The van der Waals surface area contributed by atoms with Crippen molar-refractivity contribution in [3.8, 4) is 0 Å². The van der Waals surface area contributed by atoms with E-state index in [1.54, 1.807) is 7.11 Å². The lowest BCUT2D eigenvalue weighted by Gasteiger charge is -2.61. The first-order valence-electron chi connectivity index (χ1n) is 24.1. The molecule has 1 aromatic rings. The number of hydrogen-bond acceptors (Lipinski definition) is 9. The van der Waals surface area contributed by atoms with Crippen molar-refractivity contribution in [2.24, 2.45) is 35.0 Å². The topological polar surface area (TPSA) is 141 Å². The number of methoxy groups -OCH3 is 1. The van der Waals surface area contributed by atoms with E-state index in [0.717, 1.165) is 80.9 Å². The summed E-state index contributed by atoms with van der Waals surface area (Å²) in [6, 6.07) is 8.95. The fourth-order valence-corrected chi connectivity index (χ4v) is 11.7. The van der Waals surface area contributed by atoms with Gasteiger partial charge in [0.25, 0.3) is 0 Å². The van der Waals surface area contributed by atoms with Gasteiger partial charge in [-0.1, -0.05) is 110 Å². The Morgan fingerprint density at radius 3 is 2.67 bits per heavy atom. The minimum absolute atomic E-state index is 0.0324. The van der Waals surface area contributed by atoms with Crippen LogP contribution in [0.5, 0.6) is 0 Å². The molecule has 9 heteroatoms. The molecule has 4 aliphatic rings. The SMILES string of the molecule is C=C(C=CC=C(CO[C@@H](CO)CCCCC)[C@H]1CC[C@]2([C@@H]1O)[C@H]1C(=C(C)C=O)[C@@H](C=C[C@H]1CCO)C[C@]2(O)CCNC)[C@H]1CC=C(C)CN[C@@](C)(CCOC)Cc2cccc(c2)C1. The van der Waals surface area contributed by atoms with Gasteiger partial charge in [-0.15, -0.1) is 0 Å². The fraction of sp³-hybridized carbons (Fsp3) is 0.648. The van der Waals surface area contributed by atoms with E-state index in [1.165, 1.54) is 16.7 Å². The normalized spacial score (nSPS) is 32.6. The quantitative estimate of drug-likeness (QED) is 0.0239. The van der Waals surface area contributed by atoms with Gasteiger partial charge >= 0.3 is 0 Å². The number of unbranched alkanes of at least 4 members (excludes halogenated alkanes) is 2. The molecule has 1 spiro atoms. The number of carbonyl (C=O) groups is 1. The molecule has 350 valence electrons. The van der Waals surface area contributed by atoms with E-state index >= 15 is 0 Å². The van der Waals surface area contributed by atoms with Gasteiger partial charge in [0.15, 0.2) is 0 Å². The Bertz CT molecular complexity index is 1820. The predicted molar refractivity (Wildman–Crippen MR) is 255 cm³/mol. The predicted octanol–water partition coefficient (Wildman–Crippen LogP) is 7.94. The summed E-state index contributed by atoms with van der Waals surface area (Å²) in [7, 11) is 3.65. The summed E-state index contributed by atoms with van der Waals surface area (Å²) >= 11 is 0. The van der Waals surface area contributed by atoms with E-state index < -0.39 is 17.1 Å². The Balaban J connectivity index is 1.51. The molecule has 6 N–H and O–H groups in total. The second-order valence-electron chi connectivity index (χ2n) is 19.7. The van der Waals surface area contributed by atoms with Gasteiger partial charge in [-0.3, -0.25) is 4.79 Å². The van der Waals surface area contributed by atoms with Crippen molar-refractivity contribution in [1.29, 1.82) is 0 Å². The lowest BCUT2D eigenvalue weighted by atomic mass is 9.45. The number of aldehydes is 1. The monoisotopic (exact) mass is 871 g/mol. The number of carbonyl (C=O) groups excluding carboxylic acids is 1. The number of hydrogen-bond donors (Lipinski definition) is 6. The largest absolute Gasteiger partial charge is 0.396 e. The maximum absolute atomic E-state index is 13.1. The lowest BCUT2D eigenvalue weighted by molar-refractivity contribution is -0.194. The van der Waals surface area contributed by atoms with Gasteiger partial charge < -0.3 is 40.5 Å². The van der Waals surface area contributed by atoms with Crippen molar-refractivity contribution >= 4 is 6.29 Å². The summed E-state index contributed by atoms with van der Waals surface area (Å²) in [6.07, 6.45) is 22.4. The van der Waals surface area contributed by atoms with E-state index in [2.05, 4.69) is 98.7 Å². The summed E-state index contributed by atoms with van der Waals surface area (Å²) in [6.45, 7) is 15.3. The summed E-state index contributed by atoms with van der Waals surface area (Å²) in [4.78, 5) is 12.5. The van der Waals surface area contributed by atoms with Crippen molar-refractivity contribution in [3.63, 3.8) is 0 Å². The Labute approximate surface area is 379 Å². The summed E-state index contributed by atoms with van der Waals surface area (Å²) in [5.41, 5.74) is 5.18. The van der Waals surface area contributed by atoms with E-state index in [-0.39, 0.29) is 61.1 Å². The van der Waals surface area contributed by atoms with Crippen LogP contribution in [0, 0.1) is 35.0 Å². The van der Waals surface area contributed by atoms with Gasteiger partial charge in [0, 0.05) is 49.7 Å². The molecule has 5 rings (SSSR count). The molecule has 0 amide bonds. The van der Waals surface area contributed by atoms with E-state index in [9.17, 15) is 25.2 Å². The molecular formula is C54H82N2O7. The Morgan fingerprint density at radius 1 is 1.16 bits per heavy atom. The highest BCUT2D eigenvalue weighted by Crippen LogP contribution is 2.67. The molecular weight excluding hydrogens is 789 g/mol. The molecule has 0 radical (unpaired) electrons. The van der Waals surface area contributed by atoms with Crippen molar-refractivity contribution in [2.45, 2.75) is 135 Å². The molecule has 1 heterocycles. The number of allylic oxidation sites excluding steroid dienone is 9. The number of nitrogens with one attached hydrogen (secondary N) is 2. The Morgan fingerprint density at radius 2 is 1.95 bits per heavy atom. The summed E-state index contributed by atoms with van der Waals surface area (Å²) < 4.78 is 12.0. The van der Waals surface area contributed by atoms with Crippen LogP contribution in [-0.2, 0) is 27.1 Å². The van der Waals surface area contributed by atoms with Gasteiger partial charge in [-0.05, 0) is 139 Å². The van der Waals surface area contributed by atoms with Crippen LogP contribution in [0.3, 0.4) is 0 Å². The van der Waals surface area contributed by atoms with Crippen LogP contribution in [-0.4, -0.2) is 104 Å². The Hall–Kier alpha value is -2.99. The first kappa shape index (κ1) is 51.0. The molecule has 4 bridgehead atoms. The second-order valence-corrected chi connectivity index (χ2v) is 19.7. The van der Waals surface area contributed by atoms with Crippen LogP contribution in [0.2, 0.25) is 0 Å². The minimum Gasteiger partial charge on any atom is -0.396 e. The Kier molecular flexibility index (Phi) is 19.4. The zero-order valence-electron chi connectivity index (χ0n) is 39.5. The molecule has 0 aromatic heterocycles. The van der Waals surface area contributed by atoms with Crippen LogP contribution in [0.15, 0.2) is 95.2 Å². The zero-order valence-corrected chi connectivity index (χ0v) is 39.5. The van der Waals surface area contributed by atoms with Crippen molar-refractivity contribution < 1.29 is 34.7 Å². The first-order valence-corrected chi connectivity index (χ1v) is 24.1. The molecule has 1 aliphatic heterocycles. The van der Waals surface area contributed by atoms with E-state index in [1.807, 2.05) is 14.0 Å². The maximum Gasteiger partial charge on any atom is 0.145 e. The molecule has 9 nitrogen and oxygen atoms in total. The van der Waals surface area contributed by atoms with Crippen molar-refractivity contribution in [3.05, 3.63) is 106 Å². The molecule has 0 unspecified atom stereocenters. The fourth-order valence-electron chi connectivity index (χ4n) is 11.7. The molecule has 1 aromatic carbocycles. The molecule has 63 heavy (non-hydrogen) atoms. The second kappa shape index (κ2) is 24.0. The number of ether oxygens (including phenoxy) is 2. The van der Waals surface area contributed by atoms with Crippen LogP contribution in [0.25, 0.3) is 0 Å². The van der Waals surface area contributed by atoms with Gasteiger partial charge in [-0.2, -0.15) is 0 Å². The summed E-state index contributed by atoms with van der Waals surface area (Å²) in [5, 5.41) is 53.9. The molecule has 2 saturated carbocycles. The molecule has 10 atom stereocenters. The summed E-state index contributed by atoms with van der Waals surface area (Å²) in [5.74, 6) is -0.754. The minimum atomic E-state index is -1.23. The molecule has 0 saturated heterocycles. The first-order chi connectivity index (χ1) is 30.3. The zero-order chi connectivity index (χ0) is 45.6. The highest BCUT2D eigenvalue weighted by Gasteiger charge is 2.68. The third-order valence-electron chi connectivity index (χ3n) is 15.3. The van der Waals surface area contributed by atoms with Crippen molar-refractivity contribution in [2.75, 3.05) is 53.7 Å². The van der Waals surface area contributed by atoms with Gasteiger partial charge in [-0.25, -0.2) is 0 Å². The van der Waals surface area contributed by atoms with Crippen molar-refractivity contribution in [1.82, 2.24) is 10.6 Å². The maximum atomic E-state index is 13.1. The van der Waals surface area contributed by atoms with Crippen LogP contribution in [0.4, 0.5) is 0 Å². The average Bonchev–Trinajstić information content (AvgIpc) is 3.62. The van der Waals surface area contributed by atoms with E-state index in [0.29, 0.717) is 50.8 Å². The lowest BCUT2D eigenvalue weighted by Crippen LogP contribution is -2.65. The average molecular weight is 871 g/mol. The third-order valence-corrected chi connectivity index (χ3v) is 15.3. The number of aliphatic hydroxyl groups is 4. The number of aliphatic hydroxyl groups excluding tert-OH is 3. The standard InChI is InChI=1S/C54H82N2O7/c1-8-9-10-17-47(36-59)63-37-46(16-11-13-39(3)44-19-18-38(2)34-56-52(5,26-29-62-7)32-42-15-12-14-41(30-42)31-44)48-22-24-54(51(48)60)50-43(23-28-57)20-21-45(49(50)40(4)35-58)33-53(54,61)25-27-55-6/h11-16,18,20-21,30,35,43-45,47-48,50-51,55-57,59-61H,3,8-10,17,19,22-29,31-34,36-37H2,1-2,4-7H3/t43-,44-,45-,47+,48+,50+,51+,52-,53+,54+/m0/s1. The van der Waals surface area contributed by atoms with Crippen LogP contribution in [0.1, 0.15) is 109 Å². The highest BCUT2D eigenvalue weighted by molar-refractivity contribution is 5.74. The van der Waals surface area contributed by atoms with Crippen LogP contribution < -0.4 is 10.6 Å². The van der Waals surface area contributed by atoms with Crippen LogP contribution >= 0.6 is 0 Å².